The number of nitrogens with zero attached hydrogens (tertiary/aromatic N) is 3. The fraction of sp³-hybridized carbons (Fsp3) is 0.333. The molecule has 0 atom stereocenters. The smallest absolute Gasteiger partial charge is 0.335 e. The van der Waals surface area contributed by atoms with Crippen molar-refractivity contribution in [2.75, 3.05) is 0 Å². The van der Waals surface area contributed by atoms with Gasteiger partial charge in [0.15, 0.2) is 0 Å². The molecule has 0 radical (unpaired) electrons. The Balaban J connectivity index is 1.83. The highest BCUT2D eigenvalue weighted by Gasteiger charge is 2.27. The largest absolute Gasteiger partial charge is 0.478 e. The minimum atomic E-state index is -0.883. The molecule has 118 valence electrons. The number of hydrogen-bond acceptors (Lipinski definition) is 2. The SMILES string of the molecule is Cc1cc(C)n(Cc2cc3cc(C(=O)O)ccc3n2C2CC2)n1. The first-order valence-corrected chi connectivity index (χ1v) is 7.91. The molecular weight excluding hydrogens is 290 g/mol. The molecule has 1 aliphatic rings. The summed E-state index contributed by atoms with van der Waals surface area (Å²) in [5, 5.41) is 14.7. The number of aromatic nitrogens is 3. The van der Waals surface area contributed by atoms with Gasteiger partial charge in [-0.25, -0.2) is 4.79 Å². The van der Waals surface area contributed by atoms with Gasteiger partial charge in [0.25, 0.3) is 0 Å². The Bertz CT molecular complexity index is 916. The van der Waals surface area contributed by atoms with E-state index < -0.39 is 5.97 Å². The van der Waals surface area contributed by atoms with Crippen molar-refractivity contribution in [3.63, 3.8) is 0 Å². The summed E-state index contributed by atoms with van der Waals surface area (Å²) < 4.78 is 4.37. The zero-order valence-corrected chi connectivity index (χ0v) is 13.3. The molecule has 0 bridgehead atoms. The summed E-state index contributed by atoms with van der Waals surface area (Å²) in [4.78, 5) is 11.2. The molecule has 0 aliphatic heterocycles. The number of fused-ring (bicyclic) bond motifs is 1. The summed E-state index contributed by atoms with van der Waals surface area (Å²) in [5.41, 5.74) is 4.81. The fourth-order valence-electron chi connectivity index (χ4n) is 3.30. The van der Waals surface area contributed by atoms with Crippen LogP contribution in [0.4, 0.5) is 0 Å². The van der Waals surface area contributed by atoms with Gasteiger partial charge in [-0.15, -0.1) is 0 Å². The number of benzene rings is 1. The van der Waals surface area contributed by atoms with Crippen LogP contribution in [0.15, 0.2) is 30.3 Å². The zero-order valence-electron chi connectivity index (χ0n) is 13.3. The first kappa shape index (κ1) is 14.1. The van der Waals surface area contributed by atoms with Gasteiger partial charge in [0.05, 0.1) is 17.8 Å². The lowest BCUT2D eigenvalue weighted by molar-refractivity contribution is 0.0697. The Kier molecular flexibility index (Phi) is 3.04. The van der Waals surface area contributed by atoms with Crippen molar-refractivity contribution in [2.24, 2.45) is 0 Å². The highest BCUT2D eigenvalue weighted by atomic mass is 16.4. The summed E-state index contributed by atoms with van der Waals surface area (Å²) in [6, 6.07) is 10.1. The predicted molar refractivity (Wildman–Crippen MR) is 88.0 cm³/mol. The second-order valence-electron chi connectivity index (χ2n) is 6.40. The van der Waals surface area contributed by atoms with E-state index in [1.54, 1.807) is 12.1 Å². The van der Waals surface area contributed by atoms with Gasteiger partial charge in [-0.3, -0.25) is 4.68 Å². The number of carboxylic acids is 1. The Morgan fingerprint density at radius 3 is 2.65 bits per heavy atom. The fourth-order valence-corrected chi connectivity index (χ4v) is 3.30. The summed E-state index contributed by atoms with van der Waals surface area (Å²) in [6.07, 6.45) is 2.38. The summed E-state index contributed by atoms with van der Waals surface area (Å²) in [7, 11) is 0. The first-order chi connectivity index (χ1) is 11.0. The van der Waals surface area contributed by atoms with Crippen LogP contribution in [0.5, 0.6) is 0 Å². The van der Waals surface area contributed by atoms with Crippen molar-refractivity contribution in [2.45, 2.75) is 39.3 Å². The average Bonchev–Trinajstić information content (AvgIpc) is 3.19. The van der Waals surface area contributed by atoms with E-state index in [0.29, 0.717) is 18.2 Å². The third-order valence-electron chi connectivity index (χ3n) is 4.49. The van der Waals surface area contributed by atoms with Crippen molar-refractivity contribution in [1.82, 2.24) is 14.3 Å². The maximum atomic E-state index is 11.2. The Morgan fingerprint density at radius 2 is 2.04 bits per heavy atom. The van der Waals surface area contributed by atoms with E-state index in [2.05, 4.69) is 28.7 Å². The number of rotatable bonds is 4. The Labute approximate surface area is 134 Å². The van der Waals surface area contributed by atoms with E-state index in [9.17, 15) is 9.90 Å². The molecule has 5 heteroatoms. The van der Waals surface area contributed by atoms with Gasteiger partial charge in [0.1, 0.15) is 0 Å². The second kappa shape index (κ2) is 4.98. The van der Waals surface area contributed by atoms with E-state index >= 15 is 0 Å². The van der Waals surface area contributed by atoms with Crippen LogP contribution in [-0.4, -0.2) is 25.4 Å². The molecule has 1 aromatic carbocycles. The standard InChI is InChI=1S/C18H19N3O2/c1-11-7-12(2)20(19-11)10-16-9-14-8-13(18(22)23)3-6-17(14)21(16)15-4-5-15/h3,6-9,15H,4-5,10H2,1-2H3,(H,22,23). The van der Waals surface area contributed by atoms with Crippen molar-refractivity contribution in [3.8, 4) is 0 Å². The molecule has 2 aromatic heterocycles. The molecule has 0 saturated heterocycles. The predicted octanol–water partition coefficient (Wildman–Crippen LogP) is 3.54. The van der Waals surface area contributed by atoms with Crippen molar-refractivity contribution in [3.05, 3.63) is 53.0 Å². The molecule has 23 heavy (non-hydrogen) atoms. The molecule has 0 unspecified atom stereocenters. The number of carboxylic acid groups (broad SMARTS) is 1. The number of aryl methyl sites for hydroxylation is 2. The van der Waals surface area contributed by atoms with E-state index in [0.717, 1.165) is 22.3 Å². The van der Waals surface area contributed by atoms with Crippen molar-refractivity contribution >= 4 is 16.9 Å². The lowest BCUT2D eigenvalue weighted by atomic mass is 10.1. The van der Waals surface area contributed by atoms with Crippen LogP contribution in [0.3, 0.4) is 0 Å². The van der Waals surface area contributed by atoms with Gasteiger partial charge >= 0.3 is 5.97 Å². The van der Waals surface area contributed by atoms with E-state index in [-0.39, 0.29) is 0 Å². The minimum absolute atomic E-state index is 0.336. The number of aromatic carboxylic acids is 1. The zero-order chi connectivity index (χ0) is 16.1. The lowest BCUT2D eigenvalue weighted by Gasteiger charge is -2.11. The molecule has 5 nitrogen and oxygen atoms in total. The van der Waals surface area contributed by atoms with E-state index in [1.807, 2.05) is 17.7 Å². The van der Waals surface area contributed by atoms with E-state index in [4.69, 9.17) is 0 Å². The van der Waals surface area contributed by atoms with Gasteiger partial charge in [-0.2, -0.15) is 5.10 Å². The molecular formula is C18H19N3O2. The highest BCUT2D eigenvalue weighted by Crippen LogP contribution is 2.40. The van der Waals surface area contributed by atoms with Gasteiger partial charge in [-0.1, -0.05) is 0 Å². The molecule has 1 N–H and O–H groups in total. The maximum absolute atomic E-state index is 11.2. The molecule has 0 amide bonds. The van der Waals surface area contributed by atoms with Gasteiger partial charge in [0, 0.05) is 28.3 Å². The van der Waals surface area contributed by atoms with Gasteiger partial charge in [-0.05, 0) is 57.0 Å². The van der Waals surface area contributed by atoms with Crippen LogP contribution in [0, 0.1) is 13.8 Å². The lowest BCUT2D eigenvalue weighted by Crippen LogP contribution is -2.09. The van der Waals surface area contributed by atoms with Gasteiger partial charge in [0.2, 0.25) is 0 Å². The van der Waals surface area contributed by atoms with Crippen molar-refractivity contribution < 1.29 is 9.90 Å². The monoisotopic (exact) mass is 309 g/mol. The van der Waals surface area contributed by atoms with Crippen LogP contribution >= 0.6 is 0 Å². The second-order valence-corrected chi connectivity index (χ2v) is 6.40. The Morgan fingerprint density at radius 1 is 1.26 bits per heavy atom. The molecule has 4 rings (SSSR count). The van der Waals surface area contributed by atoms with Gasteiger partial charge < -0.3 is 9.67 Å². The molecule has 0 spiro atoms. The maximum Gasteiger partial charge on any atom is 0.335 e. The van der Waals surface area contributed by atoms with Crippen LogP contribution in [0.1, 0.15) is 46.3 Å². The summed E-state index contributed by atoms with van der Waals surface area (Å²) >= 11 is 0. The Hall–Kier alpha value is -2.56. The average molecular weight is 309 g/mol. The first-order valence-electron chi connectivity index (χ1n) is 7.91. The molecule has 1 saturated carbocycles. The van der Waals surface area contributed by atoms with Crippen LogP contribution in [-0.2, 0) is 6.54 Å². The quantitative estimate of drug-likeness (QED) is 0.802. The minimum Gasteiger partial charge on any atom is -0.478 e. The van der Waals surface area contributed by atoms with Crippen LogP contribution in [0.25, 0.3) is 10.9 Å². The molecule has 1 aliphatic carbocycles. The molecule has 1 fully saturated rings. The van der Waals surface area contributed by atoms with Crippen LogP contribution < -0.4 is 0 Å². The van der Waals surface area contributed by atoms with Crippen molar-refractivity contribution in [1.29, 1.82) is 0 Å². The van der Waals surface area contributed by atoms with E-state index in [1.165, 1.54) is 18.5 Å². The number of hydrogen-bond donors (Lipinski definition) is 1. The topological polar surface area (TPSA) is 60.1 Å². The summed E-state index contributed by atoms with van der Waals surface area (Å²) in [6.45, 7) is 4.78. The normalized spacial score (nSPS) is 14.5. The third-order valence-corrected chi connectivity index (χ3v) is 4.49. The molecule has 3 aromatic rings. The van der Waals surface area contributed by atoms with Crippen LogP contribution in [0.2, 0.25) is 0 Å². The summed E-state index contributed by atoms with van der Waals surface area (Å²) in [5.74, 6) is -0.883. The third kappa shape index (κ3) is 2.42. The number of carbonyl (C=O) groups is 1. The molecule has 2 heterocycles. The highest BCUT2D eigenvalue weighted by molar-refractivity contribution is 5.94.